The molecule has 3 rings (SSSR count). The van der Waals surface area contributed by atoms with Crippen molar-refractivity contribution in [1.82, 2.24) is 19.6 Å². The van der Waals surface area contributed by atoms with Crippen LogP contribution >= 0.6 is 0 Å². The number of aromatic nitrogens is 2. The first-order valence-electron chi connectivity index (χ1n) is 8.55. The average molecular weight is 360 g/mol. The zero-order chi connectivity index (χ0) is 18.2. The van der Waals surface area contributed by atoms with Crippen LogP contribution < -0.4 is 0 Å². The third-order valence-electron chi connectivity index (χ3n) is 4.92. The van der Waals surface area contributed by atoms with Gasteiger partial charge in [0, 0.05) is 38.8 Å². The Balaban J connectivity index is 1.72. The Morgan fingerprint density at radius 2 is 2.12 bits per heavy atom. The van der Waals surface area contributed by atoms with Crippen molar-refractivity contribution in [1.29, 1.82) is 0 Å². The van der Waals surface area contributed by atoms with Gasteiger partial charge in [-0.3, -0.25) is 14.4 Å². The summed E-state index contributed by atoms with van der Waals surface area (Å²) in [5, 5.41) is 3.42. The van der Waals surface area contributed by atoms with Crippen LogP contribution in [0.25, 0.3) is 0 Å². The number of morpholine rings is 1. The molecule has 2 saturated heterocycles. The van der Waals surface area contributed by atoms with E-state index in [9.17, 15) is 18.0 Å². The number of hydrogen-bond acceptors (Lipinski definition) is 4. The standard InChI is InChI=1S/C16H23F3N4O2/c1-3-4-11-9-25-10-12-8-22(5-6-23(11)12)15(24)13-7-14(16(17,18)19)20-21(13)2/h7,11-12H,3-6,8-10H2,1-2H3/t11-,12+/m0/s1. The third-order valence-corrected chi connectivity index (χ3v) is 4.92. The van der Waals surface area contributed by atoms with Gasteiger partial charge in [-0.25, -0.2) is 0 Å². The second-order valence-electron chi connectivity index (χ2n) is 6.66. The van der Waals surface area contributed by atoms with E-state index in [0.717, 1.165) is 23.6 Å². The van der Waals surface area contributed by atoms with Crippen LogP contribution in [-0.2, 0) is 18.0 Å². The van der Waals surface area contributed by atoms with Gasteiger partial charge in [-0.2, -0.15) is 18.3 Å². The van der Waals surface area contributed by atoms with Gasteiger partial charge in [-0.05, 0) is 6.42 Å². The first-order chi connectivity index (χ1) is 11.8. The molecule has 2 fully saturated rings. The lowest BCUT2D eigenvalue weighted by atomic mass is 10.0. The van der Waals surface area contributed by atoms with Crippen molar-refractivity contribution < 1.29 is 22.7 Å². The number of carbonyl (C=O) groups is 1. The lowest BCUT2D eigenvalue weighted by molar-refractivity contribution is -0.141. The third kappa shape index (κ3) is 3.67. The van der Waals surface area contributed by atoms with Crippen LogP contribution in [0, 0.1) is 0 Å². The Labute approximate surface area is 144 Å². The molecule has 0 N–H and O–H groups in total. The van der Waals surface area contributed by atoms with Crippen LogP contribution in [0.2, 0.25) is 0 Å². The molecule has 2 aliphatic rings. The molecule has 1 aromatic rings. The van der Waals surface area contributed by atoms with Crippen LogP contribution in [0.4, 0.5) is 13.2 Å². The number of ether oxygens (including phenoxy) is 1. The molecule has 6 nitrogen and oxygen atoms in total. The Bertz CT molecular complexity index is 629. The average Bonchev–Trinajstić information content (AvgIpc) is 2.96. The fourth-order valence-corrected chi connectivity index (χ4v) is 3.67. The molecule has 0 unspecified atom stereocenters. The predicted octanol–water partition coefficient (Wildman–Crippen LogP) is 1.76. The Kier molecular flexibility index (Phi) is 5.06. The molecule has 9 heteroatoms. The second-order valence-corrected chi connectivity index (χ2v) is 6.66. The van der Waals surface area contributed by atoms with Crippen molar-refractivity contribution in [2.45, 2.75) is 38.0 Å². The predicted molar refractivity (Wildman–Crippen MR) is 84.1 cm³/mol. The van der Waals surface area contributed by atoms with Gasteiger partial charge in [0.15, 0.2) is 5.69 Å². The van der Waals surface area contributed by atoms with Crippen molar-refractivity contribution in [3.8, 4) is 0 Å². The number of carbonyl (C=O) groups excluding carboxylic acids is 1. The highest BCUT2D eigenvalue weighted by Gasteiger charge is 2.39. The SMILES string of the molecule is CCC[C@H]1COC[C@H]2CN(C(=O)c3cc(C(F)(F)F)nn3C)CCN12. The molecule has 2 aliphatic heterocycles. The smallest absolute Gasteiger partial charge is 0.378 e. The molecule has 3 heterocycles. The molecule has 140 valence electrons. The van der Waals surface area contributed by atoms with E-state index in [1.807, 2.05) is 0 Å². The molecule has 0 aliphatic carbocycles. The van der Waals surface area contributed by atoms with E-state index < -0.39 is 17.8 Å². The lowest BCUT2D eigenvalue weighted by Crippen LogP contribution is -2.62. The number of halogens is 3. The van der Waals surface area contributed by atoms with Crippen LogP contribution in [0.15, 0.2) is 6.07 Å². The maximum atomic E-state index is 12.8. The molecule has 1 aromatic heterocycles. The topological polar surface area (TPSA) is 50.6 Å². The summed E-state index contributed by atoms with van der Waals surface area (Å²) in [6, 6.07) is 1.28. The zero-order valence-corrected chi connectivity index (χ0v) is 14.4. The Hall–Kier alpha value is -1.61. The highest BCUT2D eigenvalue weighted by Crippen LogP contribution is 2.29. The van der Waals surface area contributed by atoms with E-state index in [1.54, 1.807) is 4.90 Å². The number of rotatable bonds is 3. The van der Waals surface area contributed by atoms with Crippen molar-refractivity contribution in [3.05, 3.63) is 17.5 Å². The van der Waals surface area contributed by atoms with E-state index in [-0.39, 0.29) is 11.7 Å². The summed E-state index contributed by atoms with van der Waals surface area (Å²) in [4.78, 5) is 16.7. The minimum atomic E-state index is -4.56. The van der Waals surface area contributed by atoms with Gasteiger partial charge in [-0.1, -0.05) is 13.3 Å². The number of aryl methyl sites for hydroxylation is 1. The number of fused-ring (bicyclic) bond motifs is 1. The fourth-order valence-electron chi connectivity index (χ4n) is 3.67. The van der Waals surface area contributed by atoms with Crippen LogP contribution in [0.5, 0.6) is 0 Å². The second kappa shape index (κ2) is 6.95. The molecule has 25 heavy (non-hydrogen) atoms. The van der Waals surface area contributed by atoms with E-state index >= 15 is 0 Å². The molecule has 0 radical (unpaired) electrons. The molecule has 0 spiro atoms. The zero-order valence-electron chi connectivity index (χ0n) is 14.4. The van der Waals surface area contributed by atoms with Crippen molar-refractivity contribution in [2.75, 3.05) is 32.8 Å². The Morgan fingerprint density at radius 1 is 1.36 bits per heavy atom. The summed E-state index contributed by atoms with van der Waals surface area (Å²) in [6.07, 6.45) is -2.45. The van der Waals surface area contributed by atoms with Crippen molar-refractivity contribution >= 4 is 5.91 Å². The number of hydrogen-bond donors (Lipinski definition) is 0. The molecule has 0 aromatic carbocycles. The number of piperazine rings is 1. The lowest BCUT2D eigenvalue weighted by Gasteiger charge is -2.48. The summed E-state index contributed by atoms with van der Waals surface area (Å²) < 4.78 is 45.1. The maximum Gasteiger partial charge on any atom is 0.435 e. The van der Waals surface area contributed by atoms with Crippen LogP contribution in [-0.4, -0.2) is 70.4 Å². The van der Waals surface area contributed by atoms with E-state index in [2.05, 4.69) is 16.9 Å². The highest BCUT2D eigenvalue weighted by atomic mass is 19.4. The van der Waals surface area contributed by atoms with Gasteiger partial charge in [0.25, 0.3) is 5.91 Å². The van der Waals surface area contributed by atoms with Crippen molar-refractivity contribution in [3.63, 3.8) is 0 Å². The summed E-state index contributed by atoms with van der Waals surface area (Å²) >= 11 is 0. The van der Waals surface area contributed by atoms with E-state index in [4.69, 9.17) is 4.74 Å². The summed E-state index contributed by atoms with van der Waals surface area (Å²) in [5.74, 6) is -0.414. The van der Waals surface area contributed by atoms with Crippen LogP contribution in [0.3, 0.4) is 0 Å². The Morgan fingerprint density at radius 3 is 2.76 bits per heavy atom. The molecule has 1 amide bonds. The number of alkyl halides is 3. The number of nitrogens with zero attached hydrogens (tertiary/aromatic N) is 4. The van der Waals surface area contributed by atoms with Gasteiger partial charge in [0.1, 0.15) is 5.69 Å². The van der Waals surface area contributed by atoms with Gasteiger partial charge in [0.05, 0.1) is 19.3 Å². The fraction of sp³-hybridized carbons (Fsp3) is 0.750. The molecule has 0 saturated carbocycles. The molecular formula is C16H23F3N4O2. The molecule has 0 bridgehead atoms. The molecule has 2 atom stereocenters. The summed E-state index contributed by atoms with van der Waals surface area (Å²) in [6.45, 7) is 5.06. The normalized spacial score (nSPS) is 25.1. The highest BCUT2D eigenvalue weighted by molar-refractivity contribution is 5.92. The summed E-state index contributed by atoms with van der Waals surface area (Å²) in [7, 11) is 1.36. The van der Waals surface area contributed by atoms with E-state index in [0.29, 0.717) is 38.9 Å². The monoisotopic (exact) mass is 360 g/mol. The quantitative estimate of drug-likeness (QED) is 0.824. The molecular weight excluding hydrogens is 337 g/mol. The minimum absolute atomic E-state index is 0.0392. The van der Waals surface area contributed by atoms with Gasteiger partial charge in [0.2, 0.25) is 0 Å². The first kappa shape index (κ1) is 18.2. The van der Waals surface area contributed by atoms with Gasteiger partial charge < -0.3 is 9.64 Å². The minimum Gasteiger partial charge on any atom is -0.378 e. The number of amides is 1. The largest absolute Gasteiger partial charge is 0.435 e. The van der Waals surface area contributed by atoms with Gasteiger partial charge >= 0.3 is 6.18 Å². The van der Waals surface area contributed by atoms with Crippen molar-refractivity contribution in [2.24, 2.45) is 7.05 Å². The van der Waals surface area contributed by atoms with Gasteiger partial charge in [-0.15, -0.1) is 0 Å². The van der Waals surface area contributed by atoms with E-state index in [1.165, 1.54) is 7.05 Å². The summed E-state index contributed by atoms with van der Waals surface area (Å²) in [5.41, 5.74) is -1.08. The first-order valence-corrected chi connectivity index (χ1v) is 8.55. The van der Waals surface area contributed by atoms with Crippen LogP contribution in [0.1, 0.15) is 35.9 Å². The maximum absolute atomic E-state index is 12.8.